The number of esters is 1. The average molecular weight is 446 g/mol. The molecule has 3 rings (SSSR count). The van der Waals surface area contributed by atoms with E-state index >= 15 is 0 Å². The van der Waals surface area contributed by atoms with Crippen LogP contribution < -0.4 is 10.1 Å². The summed E-state index contributed by atoms with van der Waals surface area (Å²) in [6, 6.07) is 4.96. The van der Waals surface area contributed by atoms with Gasteiger partial charge in [-0.1, -0.05) is 26.8 Å². The maximum Gasteiger partial charge on any atom is 0.336 e. The van der Waals surface area contributed by atoms with Gasteiger partial charge < -0.3 is 19.9 Å². The number of hydrogen-bond donors (Lipinski definition) is 2. The summed E-state index contributed by atoms with van der Waals surface area (Å²) in [6.45, 7) is 8.36. The lowest BCUT2D eigenvalue weighted by Gasteiger charge is -2.39. The quantitative estimate of drug-likeness (QED) is 0.478. The van der Waals surface area contributed by atoms with Crippen LogP contribution in [0.5, 0.6) is 11.5 Å². The summed E-state index contributed by atoms with van der Waals surface area (Å²) in [5.74, 6) is 1.01. The molecule has 7 heteroatoms. The topological polar surface area (TPSA) is 84.9 Å². The smallest absolute Gasteiger partial charge is 0.336 e. The highest BCUT2D eigenvalue weighted by Crippen LogP contribution is 2.47. The van der Waals surface area contributed by atoms with E-state index in [0.29, 0.717) is 47.6 Å². The number of nitrogens with one attached hydrogen (secondary N) is 1. The third-order valence-corrected chi connectivity index (χ3v) is 6.53. The molecule has 0 saturated heterocycles. The number of ketones is 1. The Kier molecular flexibility index (Phi) is 7.04. The maximum absolute atomic E-state index is 13.3. The fourth-order valence-electron chi connectivity index (χ4n) is 4.33. The molecule has 2 N–H and O–H groups in total. The van der Waals surface area contributed by atoms with Gasteiger partial charge in [0.2, 0.25) is 0 Å². The van der Waals surface area contributed by atoms with E-state index in [1.807, 2.05) is 6.92 Å². The van der Waals surface area contributed by atoms with Crippen molar-refractivity contribution in [2.75, 3.05) is 25.2 Å². The van der Waals surface area contributed by atoms with Crippen LogP contribution in [0.1, 0.15) is 52.0 Å². The van der Waals surface area contributed by atoms with Crippen molar-refractivity contribution in [1.82, 2.24) is 5.32 Å². The second-order valence-corrected chi connectivity index (χ2v) is 10.1. The molecule has 1 aliphatic carbocycles. The summed E-state index contributed by atoms with van der Waals surface area (Å²) in [5.41, 5.74) is 3.14. The fourth-order valence-corrected chi connectivity index (χ4v) is 4.82. The first-order chi connectivity index (χ1) is 14.7. The molecule has 168 valence electrons. The lowest BCUT2D eigenvalue weighted by Crippen LogP contribution is -2.38. The average Bonchev–Trinajstić information content (AvgIpc) is 2.69. The van der Waals surface area contributed by atoms with E-state index < -0.39 is 11.9 Å². The van der Waals surface area contributed by atoms with Gasteiger partial charge in [0.25, 0.3) is 0 Å². The van der Waals surface area contributed by atoms with E-state index in [2.05, 4.69) is 26.1 Å². The van der Waals surface area contributed by atoms with Crippen LogP contribution in [0.4, 0.5) is 0 Å². The number of methoxy groups -OCH3 is 1. The number of phenolic OH excluding ortho intramolecular Hbond substituents is 1. The molecule has 0 bridgehead atoms. The van der Waals surface area contributed by atoms with Crippen LogP contribution in [-0.2, 0) is 14.3 Å². The monoisotopic (exact) mass is 445 g/mol. The number of allylic oxidation sites excluding steroid dienone is 3. The molecule has 1 aliphatic heterocycles. The van der Waals surface area contributed by atoms with Gasteiger partial charge in [-0.25, -0.2) is 4.79 Å². The zero-order valence-electron chi connectivity index (χ0n) is 18.8. The third kappa shape index (κ3) is 4.92. The molecular weight excluding hydrogens is 414 g/mol. The van der Waals surface area contributed by atoms with Gasteiger partial charge in [0, 0.05) is 35.1 Å². The van der Waals surface area contributed by atoms with Crippen LogP contribution in [0.2, 0.25) is 0 Å². The number of thioether (sulfide) groups is 1. The largest absolute Gasteiger partial charge is 0.504 e. The first-order valence-electron chi connectivity index (χ1n) is 10.5. The number of hydrogen-bond acceptors (Lipinski definition) is 7. The van der Waals surface area contributed by atoms with Crippen molar-refractivity contribution in [2.45, 2.75) is 46.5 Å². The van der Waals surface area contributed by atoms with E-state index in [0.717, 1.165) is 17.2 Å². The second-order valence-electron chi connectivity index (χ2n) is 8.69. The summed E-state index contributed by atoms with van der Waals surface area (Å²) in [5, 5.41) is 13.4. The van der Waals surface area contributed by atoms with Crippen LogP contribution in [0.15, 0.2) is 40.7 Å². The summed E-state index contributed by atoms with van der Waals surface area (Å²) in [7, 11) is 1.47. The van der Waals surface area contributed by atoms with Crippen LogP contribution in [0.25, 0.3) is 0 Å². The SMILES string of the molecule is CCSCCOC(=O)C1=C(C)NC2=C(C(=O)CC(C)(C)C2)[C@@H]1c1ccc(O)c(OC)c1. The molecule has 0 aromatic heterocycles. The molecule has 6 nitrogen and oxygen atoms in total. The van der Waals surface area contributed by atoms with Crippen LogP contribution in [-0.4, -0.2) is 42.1 Å². The van der Waals surface area contributed by atoms with Gasteiger partial charge >= 0.3 is 5.97 Å². The van der Waals surface area contributed by atoms with E-state index in [1.54, 1.807) is 23.9 Å². The van der Waals surface area contributed by atoms with Gasteiger partial charge in [-0.05, 0) is 42.2 Å². The number of dihydropyridines is 1. The Morgan fingerprint density at radius 1 is 1.32 bits per heavy atom. The number of carbonyl (C=O) groups excluding carboxylic acids is 2. The van der Waals surface area contributed by atoms with Gasteiger partial charge in [0.15, 0.2) is 17.3 Å². The molecule has 1 aromatic carbocycles. The molecule has 1 heterocycles. The number of ether oxygens (including phenoxy) is 2. The predicted molar refractivity (Wildman–Crippen MR) is 122 cm³/mol. The third-order valence-electron chi connectivity index (χ3n) is 5.66. The molecule has 0 spiro atoms. The van der Waals surface area contributed by atoms with E-state index in [4.69, 9.17) is 9.47 Å². The van der Waals surface area contributed by atoms with Crippen molar-refractivity contribution in [3.8, 4) is 11.5 Å². The van der Waals surface area contributed by atoms with Gasteiger partial charge in [-0.15, -0.1) is 0 Å². The molecule has 0 saturated carbocycles. The fraction of sp³-hybridized carbons (Fsp3) is 0.500. The number of benzene rings is 1. The van der Waals surface area contributed by atoms with Crippen LogP contribution >= 0.6 is 11.8 Å². The van der Waals surface area contributed by atoms with Gasteiger partial charge in [-0.2, -0.15) is 11.8 Å². The van der Waals surface area contributed by atoms with Crippen molar-refractivity contribution in [1.29, 1.82) is 0 Å². The summed E-state index contributed by atoms with van der Waals surface area (Å²) >= 11 is 1.70. The first kappa shape index (κ1) is 23.3. The lowest BCUT2D eigenvalue weighted by molar-refractivity contribution is -0.138. The molecular formula is C24H31NO5S. The van der Waals surface area contributed by atoms with Crippen molar-refractivity contribution in [2.24, 2.45) is 5.41 Å². The summed E-state index contributed by atoms with van der Waals surface area (Å²) in [6.07, 6.45) is 1.13. The first-order valence-corrected chi connectivity index (χ1v) is 11.7. The van der Waals surface area contributed by atoms with Crippen molar-refractivity contribution in [3.05, 3.63) is 46.3 Å². The highest BCUT2D eigenvalue weighted by atomic mass is 32.2. The minimum absolute atomic E-state index is 0.00640. The number of carbonyl (C=O) groups is 2. The number of Topliss-reactive ketones (excluding diaryl/α,β-unsaturated/α-hetero) is 1. The second kappa shape index (κ2) is 9.39. The lowest BCUT2D eigenvalue weighted by atomic mass is 9.68. The van der Waals surface area contributed by atoms with E-state index in [1.165, 1.54) is 13.2 Å². The minimum Gasteiger partial charge on any atom is -0.504 e. The Morgan fingerprint density at radius 3 is 2.74 bits per heavy atom. The standard InChI is InChI=1S/C24H31NO5S/c1-6-31-10-9-30-23(28)20-14(2)25-16-12-24(3,4)13-18(27)22(16)21(20)15-7-8-17(26)19(11-15)29-5/h7-8,11,21,25-26H,6,9-10,12-13H2,1-5H3/t21-/m1/s1. The van der Waals surface area contributed by atoms with Gasteiger partial charge in [-0.3, -0.25) is 4.79 Å². The molecule has 1 atom stereocenters. The van der Waals surface area contributed by atoms with Crippen molar-refractivity contribution < 1.29 is 24.2 Å². The van der Waals surface area contributed by atoms with Crippen LogP contribution in [0.3, 0.4) is 0 Å². The van der Waals surface area contributed by atoms with Gasteiger partial charge in [0.05, 0.1) is 12.7 Å². The molecule has 0 fully saturated rings. The van der Waals surface area contributed by atoms with Crippen LogP contribution in [0, 0.1) is 5.41 Å². The summed E-state index contributed by atoms with van der Waals surface area (Å²) < 4.78 is 10.9. The van der Waals surface area contributed by atoms with Crippen molar-refractivity contribution >= 4 is 23.5 Å². The maximum atomic E-state index is 13.3. The molecule has 31 heavy (non-hydrogen) atoms. The highest BCUT2D eigenvalue weighted by molar-refractivity contribution is 7.99. The molecule has 0 amide bonds. The van der Waals surface area contributed by atoms with E-state index in [9.17, 15) is 14.7 Å². The zero-order chi connectivity index (χ0) is 22.8. The highest BCUT2D eigenvalue weighted by Gasteiger charge is 2.43. The molecule has 0 radical (unpaired) electrons. The normalized spacial score (nSPS) is 20.3. The van der Waals surface area contributed by atoms with Crippen molar-refractivity contribution in [3.63, 3.8) is 0 Å². The molecule has 1 aromatic rings. The Bertz CT molecular complexity index is 947. The Morgan fingerprint density at radius 2 is 2.06 bits per heavy atom. The van der Waals surface area contributed by atoms with Gasteiger partial charge in [0.1, 0.15) is 6.61 Å². The number of rotatable bonds is 7. The number of aromatic hydroxyl groups is 1. The molecule has 2 aliphatic rings. The predicted octanol–water partition coefficient (Wildman–Crippen LogP) is 4.30. The number of phenols is 1. The summed E-state index contributed by atoms with van der Waals surface area (Å²) in [4.78, 5) is 26.4. The Labute approximate surface area is 188 Å². The Hall–Kier alpha value is -2.41. The zero-order valence-corrected chi connectivity index (χ0v) is 19.6. The van der Waals surface area contributed by atoms with E-state index in [-0.39, 0.29) is 16.9 Å². The molecule has 0 unspecified atom stereocenters. The Balaban J connectivity index is 2.07. The minimum atomic E-state index is -0.569.